The molecule has 0 unspecified atom stereocenters. The molecule has 3 nitrogen and oxygen atoms in total. The van der Waals surface area contributed by atoms with Gasteiger partial charge in [-0.3, -0.25) is 4.98 Å². The highest BCUT2D eigenvalue weighted by atomic mass is 19.4. The Kier molecular flexibility index (Phi) is 4.37. The van der Waals surface area contributed by atoms with Crippen LogP contribution in [0.4, 0.5) is 13.2 Å². The lowest BCUT2D eigenvalue weighted by molar-refractivity contribution is -0.137. The highest BCUT2D eigenvalue weighted by molar-refractivity contribution is 5.95. The van der Waals surface area contributed by atoms with E-state index in [1.165, 1.54) is 24.4 Å². The number of benzene rings is 1. The van der Waals surface area contributed by atoms with Crippen molar-refractivity contribution in [3.63, 3.8) is 0 Å². The van der Waals surface area contributed by atoms with Crippen molar-refractivity contribution < 1.29 is 23.1 Å². The summed E-state index contributed by atoms with van der Waals surface area (Å²) in [6, 6.07) is 5.27. The molecule has 0 aliphatic heterocycles. The van der Waals surface area contributed by atoms with Crippen LogP contribution < -0.4 is 0 Å². The fraction of sp³-hybridized carbons (Fsp3) is 0.263. The largest absolute Gasteiger partial charge is 0.478 e. The number of rotatable bonds is 3. The number of alkyl halides is 3. The maximum absolute atomic E-state index is 13.1. The van der Waals surface area contributed by atoms with Crippen molar-refractivity contribution in [2.45, 2.75) is 32.4 Å². The van der Waals surface area contributed by atoms with Crippen molar-refractivity contribution in [2.75, 3.05) is 0 Å². The van der Waals surface area contributed by atoms with Gasteiger partial charge in [-0.05, 0) is 72.2 Å². The van der Waals surface area contributed by atoms with Gasteiger partial charge in [0.1, 0.15) is 0 Å². The highest BCUT2D eigenvalue weighted by Gasteiger charge is 2.31. The first-order chi connectivity index (χ1) is 11.8. The maximum Gasteiger partial charge on any atom is 0.416 e. The molecule has 0 bridgehead atoms. The van der Waals surface area contributed by atoms with Gasteiger partial charge in [0.2, 0.25) is 0 Å². The number of carbonyl (C=O) groups is 1. The molecule has 0 saturated heterocycles. The first-order valence-electron chi connectivity index (χ1n) is 7.86. The Hall–Kier alpha value is -2.63. The molecule has 1 aromatic carbocycles. The summed E-state index contributed by atoms with van der Waals surface area (Å²) in [7, 11) is 0. The molecular formula is C19H16F3NO2. The van der Waals surface area contributed by atoms with Gasteiger partial charge in [0.05, 0.1) is 11.1 Å². The van der Waals surface area contributed by atoms with Gasteiger partial charge < -0.3 is 5.11 Å². The topological polar surface area (TPSA) is 50.2 Å². The lowest BCUT2D eigenvalue weighted by Crippen LogP contribution is -2.06. The molecule has 1 aliphatic carbocycles. The van der Waals surface area contributed by atoms with E-state index in [1.54, 1.807) is 13.1 Å². The van der Waals surface area contributed by atoms with Crippen LogP contribution in [0.15, 0.2) is 36.7 Å². The van der Waals surface area contributed by atoms with Gasteiger partial charge in [-0.1, -0.05) is 6.07 Å². The van der Waals surface area contributed by atoms with Crippen molar-refractivity contribution >= 4 is 17.1 Å². The van der Waals surface area contributed by atoms with Crippen molar-refractivity contribution in [3.8, 4) is 0 Å². The van der Waals surface area contributed by atoms with Crippen LogP contribution in [-0.2, 0) is 6.18 Å². The van der Waals surface area contributed by atoms with Crippen LogP contribution in [0.3, 0.4) is 0 Å². The molecule has 1 heterocycles. The summed E-state index contributed by atoms with van der Waals surface area (Å²) in [5.74, 6) is -1.08. The molecule has 3 rings (SSSR count). The van der Waals surface area contributed by atoms with Crippen LogP contribution >= 0.6 is 0 Å². The molecule has 0 amide bonds. The summed E-state index contributed by atoms with van der Waals surface area (Å²) in [5.41, 5.74) is 3.10. The van der Waals surface area contributed by atoms with E-state index in [4.69, 9.17) is 5.11 Å². The fourth-order valence-electron chi connectivity index (χ4n) is 3.20. The molecule has 0 radical (unpaired) electrons. The van der Waals surface area contributed by atoms with Gasteiger partial charge in [-0.15, -0.1) is 0 Å². The molecule has 6 heteroatoms. The van der Waals surface area contributed by atoms with E-state index in [0.717, 1.165) is 29.2 Å². The van der Waals surface area contributed by atoms with Crippen molar-refractivity contribution in [1.82, 2.24) is 4.98 Å². The number of halogens is 3. The van der Waals surface area contributed by atoms with E-state index in [1.807, 2.05) is 0 Å². The smallest absolute Gasteiger partial charge is 0.416 e. The average Bonchev–Trinajstić information content (AvgIpc) is 3.03. The molecule has 25 heavy (non-hydrogen) atoms. The Morgan fingerprint density at radius 3 is 2.52 bits per heavy atom. The highest BCUT2D eigenvalue weighted by Crippen LogP contribution is 2.42. The van der Waals surface area contributed by atoms with E-state index in [9.17, 15) is 18.0 Å². The van der Waals surface area contributed by atoms with Crippen molar-refractivity contribution in [1.29, 1.82) is 0 Å². The SMILES string of the molecule is Cc1ccc(C(F)(F)F)cc1C1=C(c2cncc(C(=O)O)c2)CCC1. The van der Waals surface area contributed by atoms with Gasteiger partial charge in [-0.25, -0.2) is 4.79 Å². The van der Waals surface area contributed by atoms with Crippen LogP contribution in [0.1, 0.15) is 51.9 Å². The number of nitrogens with zero attached hydrogens (tertiary/aromatic N) is 1. The zero-order chi connectivity index (χ0) is 18.2. The zero-order valence-electron chi connectivity index (χ0n) is 13.5. The number of carboxylic acids is 1. The number of aryl methyl sites for hydroxylation is 1. The first kappa shape index (κ1) is 17.2. The van der Waals surface area contributed by atoms with Gasteiger partial charge in [0.15, 0.2) is 0 Å². The predicted octanol–water partition coefficient (Wildman–Crippen LogP) is 5.20. The second kappa shape index (κ2) is 6.35. The van der Waals surface area contributed by atoms with Crippen LogP contribution in [0, 0.1) is 6.92 Å². The van der Waals surface area contributed by atoms with Crippen molar-refractivity contribution in [3.05, 3.63) is 64.5 Å². The molecule has 2 aromatic rings. The Labute approximate surface area is 142 Å². The minimum atomic E-state index is -4.40. The molecule has 0 saturated carbocycles. The van der Waals surface area contributed by atoms with Crippen LogP contribution in [-0.4, -0.2) is 16.1 Å². The standard InChI is InChI=1S/C19H16F3NO2/c1-11-5-6-14(19(20,21)22)8-17(11)16-4-2-3-15(16)12-7-13(18(24)25)10-23-9-12/h5-10H,2-4H2,1H3,(H,24,25). The monoisotopic (exact) mass is 347 g/mol. The minimum Gasteiger partial charge on any atom is -0.478 e. The van der Waals surface area contributed by atoms with Crippen LogP contribution in [0.5, 0.6) is 0 Å². The van der Waals surface area contributed by atoms with Crippen molar-refractivity contribution in [2.24, 2.45) is 0 Å². The quantitative estimate of drug-likeness (QED) is 0.830. The summed E-state index contributed by atoms with van der Waals surface area (Å²) in [5, 5.41) is 9.12. The molecule has 1 N–H and O–H groups in total. The number of allylic oxidation sites excluding steroid dienone is 2. The van der Waals surface area contributed by atoms with E-state index < -0.39 is 17.7 Å². The molecule has 0 spiro atoms. The van der Waals surface area contributed by atoms with E-state index in [-0.39, 0.29) is 5.56 Å². The van der Waals surface area contributed by atoms with Gasteiger partial charge in [-0.2, -0.15) is 13.2 Å². The Morgan fingerprint density at radius 1 is 1.12 bits per heavy atom. The fourth-order valence-corrected chi connectivity index (χ4v) is 3.20. The second-order valence-corrected chi connectivity index (χ2v) is 6.11. The van der Waals surface area contributed by atoms with E-state index >= 15 is 0 Å². The normalized spacial score (nSPS) is 14.9. The molecule has 0 fully saturated rings. The first-order valence-corrected chi connectivity index (χ1v) is 7.86. The number of hydrogen-bond donors (Lipinski definition) is 1. The number of aromatic nitrogens is 1. The van der Waals surface area contributed by atoms with E-state index in [0.29, 0.717) is 24.0 Å². The summed E-state index contributed by atoms with van der Waals surface area (Å²) in [6.45, 7) is 1.78. The van der Waals surface area contributed by atoms with Gasteiger partial charge in [0.25, 0.3) is 0 Å². The lowest BCUT2D eigenvalue weighted by Gasteiger charge is -2.14. The van der Waals surface area contributed by atoms with Gasteiger partial charge in [0, 0.05) is 12.4 Å². The molecule has 1 aromatic heterocycles. The number of carboxylic acid groups (broad SMARTS) is 1. The minimum absolute atomic E-state index is 0.0667. The Bertz CT molecular complexity index is 869. The van der Waals surface area contributed by atoms with Crippen LogP contribution in [0.25, 0.3) is 11.1 Å². The number of aromatic carboxylic acids is 1. The molecular weight excluding hydrogens is 331 g/mol. The predicted molar refractivity (Wildman–Crippen MR) is 88.0 cm³/mol. The Morgan fingerprint density at radius 2 is 1.84 bits per heavy atom. The summed E-state index contributed by atoms with van der Waals surface area (Å²) in [4.78, 5) is 15.1. The summed E-state index contributed by atoms with van der Waals surface area (Å²) < 4.78 is 39.2. The number of pyridine rings is 1. The lowest BCUT2D eigenvalue weighted by atomic mass is 9.93. The van der Waals surface area contributed by atoms with Gasteiger partial charge >= 0.3 is 12.1 Å². The maximum atomic E-state index is 13.1. The third kappa shape index (κ3) is 3.43. The molecule has 1 aliphatic rings. The Balaban J connectivity index is 2.14. The second-order valence-electron chi connectivity index (χ2n) is 6.11. The third-order valence-electron chi connectivity index (χ3n) is 4.44. The average molecular weight is 347 g/mol. The summed E-state index contributed by atoms with van der Waals surface area (Å²) in [6.07, 6.45) is 0.599. The molecule has 0 atom stereocenters. The van der Waals surface area contributed by atoms with E-state index in [2.05, 4.69) is 4.98 Å². The summed E-state index contributed by atoms with van der Waals surface area (Å²) >= 11 is 0. The van der Waals surface area contributed by atoms with Crippen LogP contribution in [0.2, 0.25) is 0 Å². The third-order valence-corrected chi connectivity index (χ3v) is 4.44. The number of hydrogen-bond acceptors (Lipinski definition) is 2. The zero-order valence-corrected chi connectivity index (χ0v) is 13.5. The molecule has 130 valence electrons.